The standard InChI is InChI=1S/C15H29N3O/c1-4-15(7-8-16-12-15)14(19)18(3)11-13-5-9-17(2)10-6-13/h13,16H,4-12H2,1-3H3. The smallest absolute Gasteiger partial charge is 0.229 e. The molecule has 0 saturated carbocycles. The van der Waals surface area contributed by atoms with Crippen molar-refractivity contribution in [3.05, 3.63) is 0 Å². The van der Waals surface area contributed by atoms with Crippen LogP contribution >= 0.6 is 0 Å². The van der Waals surface area contributed by atoms with Crippen molar-refractivity contribution in [2.24, 2.45) is 11.3 Å². The number of carbonyl (C=O) groups is 1. The predicted octanol–water partition coefficient (Wildman–Crippen LogP) is 1.18. The molecule has 4 nitrogen and oxygen atoms in total. The van der Waals surface area contributed by atoms with Gasteiger partial charge in [-0.1, -0.05) is 6.92 Å². The normalized spacial score (nSPS) is 29.6. The van der Waals surface area contributed by atoms with Gasteiger partial charge in [-0.3, -0.25) is 4.79 Å². The van der Waals surface area contributed by atoms with Crippen LogP contribution in [0.2, 0.25) is 0 Å². The van der Waals surface area contributed by atoms with Gasteiger partial charge in [-0.15, -0.1) is 0 Å². The van der Waals surface area contributed by atoms with Crippen LogP contribution in [0, 0.1) is 11.3 Å². The summed E-state index contributed by atoms with van der Waals surface area (Å²) in [6, 6.07) is 0. The van der Waals surface area contributed by atoms with Crippen molar-refractivity contribution in [1.29, 1.82) is 0 Å². The average Bonchev–Trinajstić information content (AvgIpc) is 2.90. The molecule has 0 radical (unpaired) electrons. The van der Waals surface area contributed by atoms with Gasteiger partial charge in [0.25, 0.3) is 0 Å². The summed E-state index contributed by atoms with van der Waals surface area (Å²) in [5.74, 6) is 1.05. The van der Waals surface area contributed by atoms with Crippen LogP contribution in [0.15, 0.2) is 0 Å². The highest BCUT2D eigenvalue weighted by atomic mass is 16.2. The summed E-state index contributed by atoms with van der Waals surface area (Å²) in [4.78, 5) is 17.1. The number of hydrogen-bond donors (Lipinski definition) is 1. The zero-order chi connectivity index (χ0) is 13.9. The van der Waals surface area contributed by atoms with Crippen molar-refractivity contribution in [3.63, 3.8) is 0 Å². The first kappa shape index (κ1) is 14.8. The van der Waals surface area contributed by atoms with Gasteiger partial charge in [0.05, 0.1) is 5.41 Å². The molecule has 110 valence electrons. The molecule has 0 aromatic carbocycles. The first-order valence-corrected chi connectivity index (χ1v) is 7.72. The summed E-state index contributed by atoms with van der Waals surface area (Å²) in [5.41, 5.74) is -0.125. The molecule has 2 saturated heterocycles. The van der Waals surface area contributed by atoms with Gasteiger partial charge >= 0.3 is 0 Å². The van der Waals surface area contributed by atoms with E-state index in [1.165, 1.54) is 25.9 Å². The number of nitrogens with zero attached hydrogens (tertiary/aromatic N) is 2. The number of nitrogens with one attached hydrogen (secondary N) is 1. The summed E-state index contributed by atoms with van der Waals surface area (Å²) in [7, 11) is 4.18. The number of hydrogen-bond acceptors (Lipinski definition) is 3. The molecule has 1 amide bonds. The molecule has 1 unspecified atom stereocenters. The summed E-state index contributed by atoms with van der Waals surface area (Å²) in [6.07, 6.45) is 4.41. The van der Waals surface area contributed by atoms with Crippen molar-refractivity contribution in [2.75, 3.05) is 46.8 Å². The highest BCUT2D eigenvalue weighted by Crippen LogP contribution is 2.32. The summed E-state index contributed by atoms with van der Waals surface area (Å²) in [6.45, 7) is 7.28. The molecule has 0 aromatic heterocycles. The lowest BCUT2D eigenvalue weighted by Gasteiger charge is -2.35. The monoisotopic (exact) mass is 267 g/mol. The van der Waals surface area contributed by atoms with Gasteiger partial charge in [0.2, 0.25) is 5.91 Å². The van der Waals surface area contributed by atoms with Crippen molar-refractivity contribution >= 4 is 5.91 Å². The van der Waals surface area contributed by atoms with E-state index < -0.39 is 0 Å². The first-order valence-electron chi connectivity index (χ1n) is 7.72. The van der Waals surface area contributed by atoms with E-state index in [0.717, 1.165) is 32.5 Å². The van der Waals surface area contributed by atoms with Crippen LogP contribution in [-0.2, 0) is 4.79 Å². The molecule has 0 aliphatic carbocycles. The Morgan fingerprint density at radius 2 is 2.11 bits per heavy atom. The maximum absolute atomic E-state index is 12.7. The molecule has 2 aliphatic heterocycles. The minimum absolute atomic E-state index is 0.125. The second kappa shape index (κ2) is 6.23. The molecule has 0 spiro atoms. The minimum Gasteiger partial charge on any atom is -0.345 e. The van der Waals surface area contributed by atoms with Crippen LogP contribution in [0.1, 0.15) is 32.6 Å². The Bertz CT molecular complexity index is 305. The van der Waals surface area contributed by atoms with Crippen LogP contribution < -0.4 is 5.32 Å². The van der Waals surface area contributed by atoms with Gasteiger partial charge in [0, 0.05) is 20.1 Å². The second-order valence-electron chi connectivity index (χ2n) is 6.49. The molecule has 1 N–H and O–H groups in total. The van der Waals surface area contributed by atoms with E-state index in [9.17, 15) is 4.79 Å². The Hall–Kier alpha value is -0.610. The lowest BCUT2D eigenvalue weighted by Crippen LogP contribution is -2.46. The van der Waals surface area contributed by atoms with E-state index in [0.29, 0.717) is 11.8 Å². The van der Waals surface area contributed by atoms with Gasteiger partial charge in [-0.2, -0.15) is 0 Å². The third-order valence-electron chi connectivity index (χ3n) is 5.09. The molecular formula is C15H29N3O. The van der Waals surface area contributed by atoms with E-state index in [2.05, 4.69) is 24.2 Å². The Labute approximate surface area is 117 Å². The molecule has 2 aliphatic rings. The minimum atomic E-state index is -0.125. The van der Waals surface area contributed by atoms with Crippen LogP contribution in [0.3, 0.4) is 0 Å². The molecule has 4 heteroatoms. The zero-order valence-corrected chi connectivity index (χ0v) is 12.7. The molecule has 0 bridgehead atoms. The highest BCUT2D eigenvalue weighted by Gasteiger charge is 2.41. The van der Waals surface area contributed by atoms with E-state index in [-0.39, 0.29) is 5.41 Å². The van der Waals surface area contributed by atoms with E-state index in [4.69, 9.17) is 0 Å². The number of carbonyl (C=O) groups excluding carboxylic acids is 1. The van der Waals surface area contributed by atoms with Crippen LogP contribution in [-0.4, -0.2) is 62.5 Å². The van der Waals surface area contributed by atoms with E-state index >= 15 is 0 Å². The largest absolute Gasteiger partial charge is 0.345 e. The maximum Gasteiger partial charge on any atom is 0.229 e. The molecule has 2 rings (SSSR count). The average molecular weight is 267 g/mol. The van der Waals surface area contributed by atoms with Crippen LogP contribution in [0.4, 0.5) is 0 Å². The molecule has 2 heterocycles. The second-order valence-corrected chi connectivity index (χ2v) is 6.49. The fraction of sp³-hybridized carbons (Fsp3) is 0.933. The third-order valence-corrected chi connectivity index (χ3v) is 5.09. The van der Waals surface area contributed by atoms with Gasteiger partial charge in [0.15, 0.2) is 0 Å². The summed E-state index contributed by atoms with van der Waals surface area (Å²) < 4.78 is 0. The molecule has 19 heavy (non-hydrogen) atoms. The van der Waals surface area contributed by atoms with Crippen molar-refractivity contribution < 1.29 is 4.79 Å². The quantitative estimate of drug-likeness (QED) is 0.831. The lowest BCUT2D eigenvalue weighted by molar-refractivity contribution is -0.140. The predicted molar refractivity (Wildman–Crippen MR) is 78.1 cm³/mol. The number of amides is 1. The van der Waals surface area contributed by atoms with Gasteiger partial charge < -0.3 is 15.1 Å². The van der Waals surface area contributed by atoms with Crippen molar-refractivity contribution in [1.82, 2.24) is 15.1 Å². The first-order chi connectivity index (χ1) is 9.07. The number of likely N-dealkylation sites (tertiary alicyclic amines) is 1. The zero-order valence-electron chi connectivity index (χ0n) is 12.7. The van der Waals surface area contributed by atoms with Crippen molar-refractivity contribution in [3.8, 4) is 0 Å². The molecule has 2 fully saturated rings. The summed E-state index contributed by atoms with van der Waals surface area (Å²) in [5, 5.41) is 3.36. The fourth-order valence-electron chi connectivity index (χ4n) is 3.50. The molecule has 1 atom stereocenters. The Morgan fingerprint density at radius 3 is 2.63 bits per heavy atom. The topological polar surface area (TPSA) is 35.6 Å². The lowest BCUT2D eigenvalue weighted by atomic mass is 9.82. The van der Waals surface area contributed by atoms with Crippen molar-refractivity contribution in [2.45, 2.75) is 32.6 Å². The third kappa shape index (κ3) is 3.29. The Balaban J connectivity index is 1.88. The van der Waals surface area contributed by atoms with Gasteiger partial charge in [0.1, 0.15) is 0 Å². The van der Waals surface area contributed by atoms with Crippen LogP contribution in [0.25, 0.3) is 0 Å². The molecular weight excluding hydrogens is 238 g/mol. The Morgan fingerprint density at radius 1 is 1.42 bits per heavy atom. The maximum atomic E-state index is 12.7. The highest BCUT2D eigenvalue weighted by molar-refractivity contribution is 5.83. The number of piperidine rings is 1. The van der Waals surface area contributed by atoms with Crippen LogP contribution in [0.5, 0.6) is 0 Å². The van der Waals surface area contributed by atoms with E-state index in [1.807, 2.05) is 11.9 Å². The number of rotatable bonds is 4. The fourth-order valence-corrected chi connectivity index (χ4v) is 3.50. The van der Waals surface area contributed by atoms with Gasteiger partial charge in [-0.05, 0) is 58.3 Å². The summed E-state index contributed by atoms with van der Waals surface area (Å²) >= 11 is 0. The van der Waals surface area contributed by atoms with Gasteiger partial charge in [-0.25, -0.2) is 0 Å². The van der Waals surface area contributed by atoms with E-state index in [1.54, 1.807) is 0 Å². The molecule has 0 aromatic rings. The Kier molecular flexibility index (Phi) is 4.85. The SMILES string of the molecule is CCC1(C(=O)N(C)CC2CCN(C)CC2)CCNC1.